The summed E-state index contributed by atoms with van der Waals surface area (Å²) in [5.41, 5.74) is 0.263. The van der Waals surface area contributed by atoms with Gasteiger partial charge in [-0.2, -0.15) is 0 Å². The first kappa shape index (κ1) is 15.4. The summed E-state index contributed by atoms with van der Waals surface area (Å²) in [4.78, 5) is 1.32. The summed E-state index contributed by atoms with van der Waals surface area (Å²) >= 11 is 1.75. The Hall–Kier alpha value is -0.700. The van der Waals surface area contributed by atoms with Crippen molar-refractivity contribution in [3.05, 3.63) is 10.3 Å². The van der Waals surface area contributed by atoms with Crippen LogP contribution in [0.3, 0.4) is 0 Å². The molecule has 0 fully saturated rings. The zero-order valence-corrected chi connectivity index (χ0v) is 13.3. The fourth-order valence-electron chi connectivity index (χ4n) is 1.57. The molecule has 0 spiro atoms. The van der Waals surface area contributed by atoms with Gasteiger partial charge in [-0.25, -0.2) is 0 Å². The Morgan fingerprint density at radius 1 is 1.22 bits per heavy atom. The van der Waals surface area contributed by atoms with Crippen LogP contribution < -0.4 is 9.47 Å². The molecule has 3 heteroatoms. The number of ether oxygens (including phenoxy) is 2. The summed E-state index contributed by atoms with van der Waals surface area (Å²) in [5, 5.41) is 2.06. The third kappa shape index (κ3) is 3.64. The first-order valence-corrected chi connectivity index (χ1v) is 7.66. The molecule has 1 atom stereocenters. The topological polar surface area (TPSA) is 18.5 Å². The van der Waals surface area contributed by atoms with E-state index in [4.69, 9.17) is 9.47 Å². The molecule has 0 saturated heterocycles. The number of thiophene rings is 1. The largest absolute Gasteiger partial charge is 0.485 e. The van der Waals surface area contributed by atoms with Gasteiger partial charge in [-0.05, 0) is 11.3 Å². The Bertz CT molecular complexity index is 363. The maximum Gasteiger partial charge on any atom is 0.175 e. The molecule has 1 aliphatic heterocycles. The number of fused-ring (bicyclic) bond motifs is 1. The van der Waals surface area contributed by atoms with Gasteiger partial charge in [-0.3, -0.25) is 0 Å². The zero-order valence-electron chi connectivity index (χ0n) is 12.5. The summed E-state index contributed by atoms with van der Waals surface area (Å²) in [6, 6.07) is 0. The molecule has 0 bridgehead atoms. The SMILES string of the molecule is CC(c1scc2c1OCCO2)C(C)(C)C.CCC. The van der Waals surface area contributed by atoms with E-state index in [9.17, 15) is 0 Å². The third-order valence-electron chi connectivity index (χ3n) is 3.02. The lowest BCUT2D eigenvalue weighted by Gasteiger charge is -2.28. The molecule has 1 aromatic heterocycles. The molecular weight excluding hydrogens is 244 g/mol. The highest BCUT2D eigenvalue weighted by Crippen LogP contribution is 2.48. The fourth-order valence-corrected chi connectivity index (χ4v) is 2.81. The van der Waals surface area contributed by atoms with Gasteiger partial charge < -0.3 is 9.47 Å². The maximum absolute atomic E-state index is 5.70. The Labute approximate surface area is 115 Å². The van der Waals surface area contributed by atoms with Gasteiger partial charge in [0.15, 0.2) is 11.5 Å². The summed E-state index contributed by atoms with van der Waals surface area (Å²) in [6.07, 6.45) is 1.25. The second-order valence-electron chi connectivity index (χ2n) is 5.79. The summed E-state index contributed by atoms with van der Waals surface area (Å²) in [7, 11) is 0. The van der Waals surface area contributed by atoms with E-state index in [0.29, 0.717) is 19.1 Å². The zero-order chi connectivity index (χ0) is 13.8. The molecule has 18 heavy (non-hydrogen) atoms. The minimum atomic E-state index is 0.263. The molecule has 0 radical (unpaired) electrons. The van der Waals surface area contributed by atoms with Crippen LogP contribution >= 0.6 is 11.3 Å². The van der Waals surface area contributed by atoms with Crippen LogP contribution in [0.5, 0.6) is 11.5 Å². The molecule has 0 N–H and O–H groups in total. The quantitative estimate of drug-likeness (QED) is 0.708. The van der Waals surface area contributed by atoms with Crippen molar-refractivity contribution < 1.29 is 9.47 Å². The van der Waals surface area contributed by atoms with Crippen LogP contribution in [-0.2, 0) is 0 Å². The van der Waals surface area contributed by atoms with E-state index in [-0.39, 0.29) is 5.41 Å². The van der Waals surface area contributed by atoms with Crippen molar-refractivity contribution in [1.29, 1.82) is 0 Å². The third-order valence-corrected chi connectivity index (χ3v) is 4.14. The molecule has 2 heterocycles. The first-order valence-electron chi connectivity index (χ1n) is 6.78. The van der Waals surface area contributed by atoms with Gasteiger partial charge in [0.05, 0.1) is 4.88 Å². The monoisotopic (exact) mass is 270 g/mol. The Morgan fingerprint density at radius 3 is 2.33 bits per heavy atom. The van der Waals surface area contributed by atoms with Crippen molar-refractivity contribution in [1.82, 2.24) is 0 Å². The van der Waals surface area contributed by atoms with Crippen molar-refractivity contribution in [2.45, 2.75) is 53.9 Å². The number of hydrogen-bond acceptors (Lipinski definition) is 3. The fraction of sp³-hybridized carbons (Fsp3) is 0.733. The second kappa shape index (κ2) is 6.46. The van der Waals surface area contributed by atoms with E-state index in [1.807, 2.05) is 0 Å². The lowest BCUT2D eigenvalue weighted by Crippen LogP contribution is -2.18. The summed E-state index contributed by atoms with van der Waals surface area (Å²) < 4.78 is 11.2. The van der Waals surface area contributed by atoms with Gasteiger partial charge in [0.1, 0.15) is 13.2 Å². The molecular formula is C15H26O2S. The molecule has 104 valence electrons. The standard InChI is InChI=1S/C12H18O2S.C3H8/c1-8(12(2,3)4)11-10-9(7-15-11)13-5-6-14-10;1-3-2/h7-8H,5-6H2,1-4H3;3H2,1-2H3. The molecule has 0 aromatic carbocycles. The lowest BCUT2D eigenvalue weighted by molar-refractivity contribution is 0.169. The van der Waals surface area contributed by atoms with Crippen LogP contribution in [0, 0.1) is 5.41 Å². The molecule has 1 unspecified atom stereocenters. The van der Waals surface area contributed by atoms with E-state index < -0.39 is 0 Å². The minimum absolute atomic E-state index is 0.263. The van der Waals surface area contributed by atoms with E-state index in [1.165, 1.54) is 11.3 Å². The minimum Gasteiger partial charge on any atom is -0.485 e. The maximum atomic E-state index is 5.70. The normalized spacial score (nSPS) is 15.7. The van der Waals surface area contributed by atoms with Crippen LogP contribution in [0.2, 0.25) is 0 Å². The van der Waals surface area contributed by atoms with Gasteiger partial charge in [0.2, 0.25) is 0 Å². The average molecular weight is 270 g/mol. The predicted octanol–water partition coefficient (Wildman–Crippen LogP) is 5.09. The molecule has 2 rings (SSSR count). The van der Waals surface area contributed by atoms with Crippen LogP contribution in [0.4, 0.5) is 0 Å². The van der Waals surface area contributed by atoms with Gasteiger partial charge in [-0.15, -0.1) is 11.3 Å². The van der Waals surface area contributed by atoms with Crippen LogP contribution in [0.1, 0.15) is 58.8 Å². The van der Waals surface area contributed by atoms with Crippen LogP contribution in [-0.4, -0.2) is 13.2 Å². The molecule has 0 aliphatic carbocycles. The highest BCUT2D eigenvalue weighted by molar-refractivity contribution is 7.10. The Kier molecular flexibility index (Phi) is 5.51. The Balaban J connectivity index is 0.000000492. The van der Waals surface area contributed by atoms with Crippen molar-refractivity contribution in [3.63, 3.8) is 0 Å². The highest BCUT2D eigenvalue weighted by atomic mass is 32.1. The smallest absolute Gasteiger partial charge is 0.175 e. The average Bonchev–Trinajstić information content (AvgIpc) is 2.71. The predicted molar refractivity (Wildman–Crippen MR) is 79.1 cm³/mol. The lowest BCUT2D eigenvalue weighted by atomic mass is 9.81. The number of hydrogen-bond donors (Lipinski definition) is 0. The van der Waals surface area contributed by atoms with Gasteiger partial charge in [0, 0.05) is 5.38 Å². The van der Waals surface area contributed by atoms with Crippen molar-refractivity contribution in [2.75, 3.05) is 13.2 Å². The van der Waals surface area contributed by atoms with E-state index in [2.05, 4.69) is 46.9 Å². The highest BCUT2D eigenvalue weighted by Gasteiger charge is 2.29. The summed E-state index contributed by atoms with van der Waals surface area (Å²) in [6.45, 7) is 14.6. The number of rotatable bonds is 1. The van der Waals surface area contributed by atoms with Gasteiger partial charge in [-0.1, -0.05) is 48.0 Å². The molecule has 0 saturated carbocycles. The van der Waals surface area contributed by atoms with Gasteiger partial charge in [0.25, 0.3) is 0 Å². The van der Waals surface area contributed by atoms with E-state index >= 15 is 0 Å². The van der Waals surface area contributed by atoms with E-state index in [0.717, 1.165) is 11.5 Å². The Morgan fingerprint density at radius 2 is 1.78 bits per heavy atom. The molecule has 0 amide bonds. The molecule has 1 aromatic rings. The van der Waals surface area contributed by atoms with Crippen LogP contribution in [0.15, 0.2) is 5.38 Å². The van der Waals surface area contributed by atoms with Crippen molar-refractivity contribution >= 4 is 11.3 Å². The van der Waals surface area contributed by atoms with Gasteiger partial charge >= 0.3 is 0 Å². The van der Waals surface area contributed by atoms with E-state index in [1.54, 1.807) is 11.3 Å². The second-order valence-corrected chi connectivity index (χ2v) is 6.70. The van der Waals surface area contributed by atoms with Crippen molar-refractivity contribution in [2.24, 2.45) is 5.41 Å². The molecule has 2 nitrogen and oxygen atoms in total. The van der Waals surface area contributed by atoms with Crippen molar-refractivity contribution in [3.8, 4) is 11.5 Å². The van der Waals surface area contributed by atoms with Crippen LogP contribution in [0.25, 0.3) is 0 Å². The molecule has 1 aliphatic rings. The summed E-state index contributed by atoms with van der Waals surface area (Å²) in [5.74, 6) is 2.40. The first-order chi connectivity index (χ1) is 8.41.